The van der Waals surface area contributed by atoms with E-state index in [0.717, 1.165) is 70.5 Å². The van der Waals surface area contributed by atoms with Crippen molar-refractivity contribution in [2.24, 2.45) is 23.7 Å². The fourth-order valence-electron chi connectivity index (χ4n) is 9.23. The lowest BCUT2D eigenvalue weighted by Crippen LogP contribution is -2.52. The van der Waals surface area contributed by atoms with E-state index >= 15 is 0 Å². The van der Waals surface area contributed by atoms with Crippen LogP contribution in [0.5, 0.6) is 11.5 Å². The number of carbonyl (C=O) groups is 4. The van der Waals surface area contributed by atoms with Crippen LogP contribution in [0.1, 0.15) is 77.1 Å². The van der Waals surface area contributed by atoms with Gasteiger partial charge < -0.3 is 44.6 Å². The summed E-state index contributed by atoms with van der Waals surface area (Å²) < 4.78 is 16.0. The van der Waals surface area contributed by atoms with Crippen LogP contribution in [-0.4, -0.2) is 92.1 Å². The van der Waals surface area contributed by atoms with Crippen molar-refractivity contribution in [1.29, 1.82) is 0 Å². The van der Waals surface area contributed by atoms with E-state index in [1.807, 2.05) is 92.1 Å². The largest absolute Gasteiger partial charge is 0.457 e. The molecule has 4 amide bonds. The predicted octanol–water partition coefficient (Wildman–Crippen LogP) is 6.98. The van der Waals surface area contributed by atoms with Crippen molar-refractivity contribution in [1.82, 2.24) is 40.4 Å². The number of rotatable bonds is 11. The molecule has 2 aromatic heterocycles. The highest BCUT2D eigenvalue weighted by atomic mass is 16.5. The number of aromatic nitrogens is 4. The number of carbonyl (C=O) groups excluding carboxylic acids is 4. The Morgan fingerprint density at radius 2 is 1.14 bits per heavy atom. The minimum Gasteiger partial charge on any atom is -0.457 e. The first-order valence-corrected chi connectivity index (χ1v) is 20.5. The summed E-state index contributed by atoms with van der Waals surface area (Å²) in [5, 5.41) is 5.48. The second-order valence-electron chi connectivity index (χ2n) is 17.1. The molecule has 0 radical (unpaired) electrons. The van der Waals surface area contributed by atoms with Gasteiger partial charge in [-0.1, -0.05) is 45.9 Å². The molecule has 4 aliphatic rings. The van der Waals surface area contributed by atoms with Gasteiger partial charge >= 0.3 is 12.2 Å². The fourth-order valence-corrected chi connectivity index (χ4v) is 9.23. The molecule has 4 fully saturated rings. The molecule has 4 heterocycles. The third kappa shape index (κ3) is 7.20. The summed E-state index contributed by atoms with van der Waals surface area (Å²) in [7, 11) is 2.59. The minimum absolute atomic E-state index is 0.111. The molecule has 308 valence electrons. The lowest BCUT2D eigenvalue weighted by Gasteiger charge is -2.31. The SMILES string of the molecule is COC(=O)N[C@@H](C(=O)N1[C@@H]2CC2C[C@H]1c1nc2ccc(Oc3cccc(-c4ccc5nc([C@@H]6CC7C[C@H]7N6C(=O)[C@H](NC(=O)OC)C(C)C)[nH]c5c4)c3)cc2[nH]1)C(C)C. The van der Waals surface area contributed by atoms with Crippen LogP contribution in [0.15, 0.2) is 60.7 Å². The lowest BCUT2D eigenvalue weighted by molar-refractivity contribution is -0.137. The molecule has 9 rings (SSSR count). The van der Waals surface area contributed by atoms with Crippen LogP contribution in [0.25, 0.3) is 33.2 Å². The molecule has 0 bridgehead atoms. The van der Waals surface area contributed by atoms with Gasteiger partial charge in [-0.25, -0.2) is 19.6 Å². The normalized spacial score (nSPS) is 23.9. The molecule has 15 heteroatoms. The molecule has 3 aromatic carbocycles. The van der Waals surface area contributed by atoms with Crippen LogP contribution < -0.4 is 15.4 Å². The standard InChI is InChI=1S/C44H50N8O7/c1-21(2)37(49-43(55)57-5)41(53)51-33-16-25(33)18-35(51)39-45-29-12-10-24(15-31(29)47-39)23-8-7-9-27(14-23)59-28-11-13-30-32(20-28)48-40(46-30)36-19-26-17-34(26)52(36)42(54)38(22(3)4)50-44(56)58-6/h7-15,20-22,25-26,33-38H,16-19H2,1-6H3,(H,45,47)(H,46,48)(H,49,55)(H,50,56)/t25?,26?,33-,34-,35+,36+,37-,38-/m1/s1. The highest BCUT2D eigenvalue weighted by Gasteiger charge is 2.57. The van der Waals surface area contributed by atoms with Gasteiger partial charge in [0.25, 0.3) is 0 Å². The summed E-state index contributed by atoms with van der Waals surface area (Å²) >= 11 is 0. The second-order valence-corrected chi connectivity index (χ2v) is 17.1. The zero-order valence-electron chi connectivity index (χ0n) is 34.0. The number of aromatic amines is 2. The Labute approximate surface area is 341 Å². The number of likely N-dealkylation sites (tertiary alicyclic amines) is 2. The molecule has 15 nitrogen and oxygen atoms in total. The summed E-state index contributed by atoms with van der Waals surface area (Å²) in [6, 6.07) is 18.2. The molecule has 0 spiro atoms. The van der Waals surface area contributed by atoms with Gasteiger partial charge in [0.15, 0.2) is 0 Å². The van der Waals surface area contributed by atoms with Crippen LogP contribution in [-0.2, 0) is 19.1 Å². The number of fused-ring (bicyclic) bond motifs is 4. The van der Waals surface area contributed by atoms with E-state index in [1.165, 1.54) is 14.2 Å². The smallest absolute Gasteiger partial charge is 0.407 e. The highest BCUT2D eigenvalue weighted by Crippen LogP contribution is 2.54. The Hall–Kier alpha value is -6.12. The van der Waals surface area contributed by atoms with Crippen LogP contribution in [0.4, 0.5) is 9.59 Å². The Balaban J connectivity index is 0.911. The van der Waals surface area contributed by atoms with E-state index in [0.29, 0.717) is 23.3 Å². The summed E-state index contributed by atoms with van der Waals surface area (Å²) in [5.41, 5.74) is 5.19. The number of benzene rings is 3. The van der Waals surface area contributed by atoms with Gasteiger partial charge in [0, 0.05) is 18.2 Å². The number of nitrogens with zero attached hydrogens (tertiary/aromatic N) is 4. The molecule has 2 aliphatic carbocycles. The Bertz CT molecular complexity index is 2460. The van der Waals surface area contributed by atoms with Crippen molar-refractivity contribution in [3.8, 4) is 22.6 Å². The van der Waals surface area contributed by atoms with Gasteiger partial charge in [0.2, 0.25) is 11.8 Å². The highest BCUT2D eigenvalue weighted by molar-refractivity contribution is 5.89. The number of piperidine rings is 2. The molecule has 8 atom stereocenters. The molecule has 5 aromatic rings. The molecule has 2 unspecified atom stereocenters. The third-order valence-electron chi connectivity index (χ3n) is 12.5. The Morgan fingerprint density at radius 3 is 1.66 bits per heavy atom. The second kappa shape index (κ2) is 14.9. The maximum absolute atomic E-state index is 13.9. The third-order valence-corrected chi connectivity index (χ3v) is 12.5. The molecule has 4 N–H and O–H groups in total. The lowest BCUT2D eigenvalue weighted by atomic mass is 10.0. The summed E-state index contributed by atoms with van der Waals surface area (Å²) in [6.07, 6.45) is 2.32. The monoisotopic (exact) mass is 802 g/mol. The average Bonchev–Trinajstić information content (AvgIpc) is 3.89. The zero-order chi connectivity index (χ0) is 41.3. The molecular formula is C44H50N8O7. The van der Waals surface area contributed by atoms with Gasteiger partial charge in [-0.3, -0.25) is 9.59 Å². The number of amides is 4. The number of methoxy groups -OCH3 is 2. The molecular weight excluding hydrogens is 753 g/mol. The van der Waals surface area contributed by atoms with E-state index in [9.17, 15) is 19.2 Å². The number of ether oxygens (including phenoxy) is 3. The van der Waals surface area contributed by atoms with Gasteiger partial charge in [-0.2, -0.15) is 0 Å². The van der Waals surface area contributed by atoms with Crippen LogP contribution in [0, 0.1) is 23.7 Å². The molecule has 59 heavy (non-hydrogen) atoms. The maximum Gasteiger partial charge on any atom is 0.407 e. The average molecular weight is 803 g/mol. The van der Waals surface area contributed by atoms with E-state index in [-0.39, 0.29) is 47.8 Å². The molecule has 2 saturated carbocycles. The quantitative estimate of drug-likeness (QED) is 0.109. The Kier molecular flexibility index (Phi) is 9.71. The minimum atomic E-state index is -0.698. The summed E-state index contributed by atoms with van der Waals surface area (Å²) in [6.45, 7) is 7.66. The van der Waals surface area contributed by atoms with Gasteiger partial charge in [-0.15, -0.1) is 0 Å². The van der Waals surface area contributed by atoms with Crippen molar-refractivity contribution in [2.45, 2.75) is 89.6 Å². The fraction of sp³-hybridized carbons (Fsp3) is 0.455. The molecule has 2 saturated heterocycles. The van der Waals surface area contributed by atoms with E-state index in [2.05, 4.69) is 26.7 Å². The number of hydrogen-bond acceptors (Lipinski definition) is 9. The maximum atomic E-state index is 13.9. The van der Waals surface area contributed by atoms with Gasteiger partial charge in [0.1, 0.15) is 35.2 Å². The Morgan fingerprint density at radius 1 is 0.644 bits per heavy atom. The van der Waals surface area contributed by atoms with E-state index in [4.69, 9.17) is 24.2 Å². The van der Waals surface area contributed by atoms with E-state index < -0.39 is 24.3 Å². The first-order valence-electron chi connectivity index (χ1n) is 20.5. The van der Waals surface area contributed by atoms with Crippen molar-refractivity contribution >= 4 is 46.1 Å². The zero-order valence-corrected chi connectivity index (χ0v) is 34.0. The topological polar surface area (TPSA) is 184 Å². The number of imidazole rings is 2. The summed E-state index contributed by atoms with van der Waals surface area (Å²) in [4.78, 5) is 72.6. The van der Waals surface area contributed by atoms with Crippen molar-refractivity contribution in [3.63, 3.8) is 0 Å². The van der Waals surface area contributed by atoms with E-state index in [1.54, 1.807) is 0 Å². The van der Waals surface area contributed by atoms with Crippen molar-refractivity contribution in [3.05, 3.63) is 72.3 Å². The van der Waals surface area contributed by atoms with Crippen LogP contribution >= 0.6 is 0 Å². The van der Waals surface area contributed by atoms with Crippen LogP contribution in [0.2, 0.25) is 0 Å². The van der Waals surface area contributed by atoms with Gasteiger partial charge in [-0.05, 0) is 96.9 Å². The van der Waals surface area contributed by atoms with Crippen molar-refractivity contribution in [2.75, 3.05) is 14.2 Å². The number of alkyl carbamates (subject to hydrolysis) is 2. The van der Waals surface area contributed by atoms with Crippen molar-refractivity contribution < 1.29 is 33.4 Å². The number of H-pyrrole nitrogens is 2. The predicted molar refractivity (Wildman–Crippen MR) is 218 cm³/mol. The number of hydrogen-bond donors (Lipinski definition) is 4. The molecule has 2 aliphatic heterocycles. The first-order chi connectivity index (χ1) is 28.4. The van der Waals surface area contributed by atoms with Gasteiger partial charge in [0.05, 0.1) is 48.4 Å². The first kappa shape index (κ1) is 38.4. The van der Waals surface area contributed by atoms with Crippen LogP contribution in [0.3, 0.4) is 0 Å². The number of nitrogens with one attached hydrogen (secondary N) is 4. The summed E-state index contributed by atoms with van der Waals surface area (Å²) in [5.74, 6) is 3.16.